The van der Waals surface area contributed by atoms with Crippen LogP contribution in [0.25, 0.3) is 0 Å². The van der Waals surface area contributed by atoms with Crippen LogP contribution in [0.3, 0.4) is 0 Å². The molecule has 19 heavy (non-hydrogen) atoms. The molecule has 1 fully saturated rings. The van der Waals surface area contributed by atoms with Crippen LogP contribution < -0.4 is 10.1 Å². The Hall–Kier alpha value is -1.35. The fourth-order valence-corrected chi connectivity index (χ4v) is 2.23. The molecule has 1 atom stereocenters. The van der Waals surface area contributed by atoms with Crippen LogP contribution in [0.4, 0.5) is 0 Å². The molecule has 0 saturated carbocycles. The lowest BCUT2D eigenvalue weighted by Crippen LogP contribution is -2.28. The summed E-state index contributed by atoms with van der Waals surface area (Å²) in [6, 6.07) is 7.94. The number of nitrogens with one attached hydrogen (secondary N) is 1. The van der Waals surface area contributed by atoms with E-state index in [9.17, 15) is 4.79 Å². The van der Waals surface area contributed by atoms with Gasteiger partial charge >= 0.3 is 5.97 Å². The van der Waals surface area contributed by atoms with Gasteiger partial charge in [0.05, 0.1) is 5.41 Å². The third-order valence-electron chi connectivity index (χ3n) is 3.45. The smallest absolute Gasteiger partial charge is 0.316 e. The van der Waals surface area contributed by atoms with Gasteiger partial charge in [-0.25, -0.2) is 0 Å². The van der Waals surface area contributed by atoms with E-state index in [1.54, 1.807) is 0 Å². The molecule has 1 aromatic rings. The summed E-state index contributed by atoms with van der Waals surface area (Å²) in [5, 5.41) is 3.41. The second-order valence-corrected chi connectivity index (χ2v) is 6.26. The molecule has 1 saturated heterocycles. The lowest BCUT2D eigenvalue weighted by molar-refractivity contribution is -0.142. The summed E-state index contributed by atoms with van der Waals surface area (Å²) < 4.78 is 5.45. The highest BCUT2D eigenvalue weighted by Crippen LogP contribution is 2.27. The Morgan fingerprint density at radius 1 is 1.37 bits per heavy atom. The number of carbonyl (C=O) groups excluding carboxylic acids is 1. The molecule has 1 heterocycles. The number of hydrogen-bond acceptors (Lipinski definition) is 3. The molecule has 3 nitrogen and oxygen atoms in total. The third kappa shape index (κ3) is 3.80. The molecule has 0 aromatic heterocycles. The molecule has 1 aliphatic heterocycles. The van der Waals surface area contributed by atoms with Crippen molar-refractivity contribution in [2.45, 2.75) is 39.5 Å². The second kappa shape index (κ2) is 5.74. The van der Waals surface area contributed by atoms with Crippen molar-refractivity contribution in [2.24, 2.45) is 5.41 Å². The summed E-state index contributed by atoms with van der Waals surface area (Å²) >= 11 is 0. The van der Waals surface area contributed by atoms with E-state index < -0.39 is 5.41 Å². The molecule has 1 aliphatic rings. The Kier molecular flexibility index (Phi) is 4.25. The Bertz CT molecular complexity index is 442. The largest absolute Gasteiger partial charge is 0.426 e. The van der Waals surface area contributed by atoms with Crippen molar-refractivity contribution in [1.29, 1.82) is 0 Å². The van der Waals surface area contributed by atoms with Gasteiger partial charge in [-0.3, -0.25) is 4.79 Å². The highest BCUT2D eigenvalue weighted by molar-refractivity contribution is 5.77. The number of benzene rings is 1. The summed E-state index contributed by atoms with van der Waals surface area (Å²) in [6.45, 7) is 7.71. The quantitative estimate of drug-likeness (QED) is 0.656. The van der Waals surface area contributed by atoms with Crippen LogP contribution in [0.5, 0.6) is 5.75 Å². The first-order chi connectivity index (χ1) is 8.97. The van der Waals surface area contributed by atoms with E-state index in [1.807, 2.05) is 39.0 Å². The molecule has 0 amide bonds. The highest BCUT2D eigenvalue weighted by atomic mass is 16.5. The first kappa shape index (κ1) is 14.1. The average molecular weight is 261 g/mol. The summed E-state index contributed by atoms with van der Waals surface area (Å²) in [5.74, 6) is 0.997. The maximum Gasteiger partial charge on any atom is 0.316 e. The van der Waals surface area contributed by atoms with Gasteiger partial charge < -0.3 is 10.1 Å². The topological polar surface area (TPSA) is 38.3 Å². The Balaban J connectivity index is 2.08. The van der Waals surface area contributed by atoms with Crippen molar-refractivity contribution in [3.05, 3.63) is 29.8 Å². The van der Waals surface area contributed by atoms with E-state index in [4.69, 9.17) is 4.74 Å². The van der Waals surface area contributed by atoms with E-state index in [0.29, 0.717) is 11.7 Å². The molecule has 0 radical (unpaired) electrons. The van der Waals surface area contributed by atoms with E-state index in [-0.39, 0.29) is 5.97 Å². The Morgan fingerprint density at radius 3 is 2.79 bits per heavy atom. The lowest BCUT2D eigenvalue weighted by atomic mass is 9.91. The molecule has 0 aliphatic carbocycles. The van der Waals surface area contributed by atoms with Gasteiger partial charge in [-0.05, 0) is 63.8 Å². The molecule has 1 unspecified atom stereocenters. The van der Waals surface area contributed by atoms with Gasteiger partial charge in [0.15, 0.2) is 0 Å². The normalized spacial score (nSPS) is 20.1. The fraction of sp³-hybridized carbons (Fsp3) is 0.562. The SMILES string of the molecule is CC(C)(C)C(=O)Oc1cccc(C2CCCNC2)c1. The summed E-state index contributed by atoms with van der Waals surface area (Å²) in [6.07, 6.45) is 2.40. The number of ether oxygens (including phenoxy) is 1. The zero-order valence-electron chi connectivity index (χ0n) is 12.0. The van der Waals surface area contributed by atoms with Gasteiger partial charge in [-0.15, -0.1) is 0 Å². The zero-order valence-corrected chi connectivity index (χ0v) is 12.0. The molecule has 1 N–H and O–H groups in total. The number of rotatable bonds is 2. The van der Waals surface area contributed by atoms with E-state index in [0.717, 1.165) is 13.1 Å². The van der Waals surface area contributed by atoms with Crippen molar-refractivity contribution in [3.63, 3.8) is 0 Å². The molecule has 2 rings (SSSR count). The number of piperidine rings is 1. The van der Waals surface area contributed by atoms with Gasteiger partial charge in [-0.2, -0.15) is 0 Å². The summed E-state index contributed by atoms with van der Waals surface area (Å²) in [5.41, 5.74) is 0.786. The van der Waals surface area contributed by atoms with Crippen LogP contribution in [0, 0.1) is 5.41 Å². The predicted molar refractivity (Wildman–Crippen MR) is 76.4 cm³/mol. The van der Waals surface area contributed by atoms with Crippen LogP contribution in [0.15, 0.2) is 24.3 Å². The molecule has 3 heteroatoms. The monoisotopic (exact) mass is 261 g/mol. The van der Waals surface area contributed by atoms with Crippen LogP contribution >= 0.6 is 0 Å². The first-order valence-corrected chi connectivity index (χ1v) is 7.00. The maximum atomic E-state index is 11.9. The second-order valence-electron chi connectivity index (χ2n) is 6.26. The zero-order chi connectivity index (χ0) is 13.9. The Morgan fingerprint density at radius 2 is 2.16 bits per heavy atom. The molecular formula is C16H23NO2. The van der Waals surface area contributed by atoms with E-state index in [2.05, 4.69) is 11.4 Å². The number of esters is 1. The highest BCUT2D eigenvalue weighted by Gasteiger charge is 2.24. The molecule has 1 aromatic carbocycles. The van der Waals surface area contributed by atoms with Crippen molar-refractivity contribution in [1.82, 2.24) is 5.32 Å². The van der Waals surface area contributed by atoms with Crippen LogP contribution in [0.2, 0.25) is 0 Å². The molecular weight excluding hydrogens is 238 g/mol. The Labute approximate surface area is 115 Å². The maximum absolute atomic E-state index is 11.9. The first-order valence-electron chi connectivity index (χ1n) is 7.00. The van der Waals surface area contributed by atoms with Crippen molar-refractivity contribution in [2.75, 3.05) is 13.1 Å². The predicted octanol–water partition coefficient (Wildman–Crippen LogP) is 3.11. The summed E-state index contributed by atoms with van der Waals surface area (Å²) in [4.78, 5) is 11.9. The van der Waals surface area contributed by atoms with Gasteiger partial charge in [0, 0.05) is 6.54 Å². The van der Waals surface area contributed by atoms with Crippen LogP contribution in [-0.4, -0.2) is 19.1 Å². The molecule has 0 bridgehead atoms. The van der Waals surface area contributed by atoms with Gasteiger partial charge in [0.1, 0.15) is 5.75 Å². The molecule has 0 spiro atoms. The summed E-state index contributed by atoms with van der Waals surface area (Å²) in [7, 11) is 0. The van der Waals surface area contributed by atoms with Crippen LogP contribution in [0.1, 0.15) is 45.1 Å². The van der Waals surface area contributed by atoms with Crippen molar-refractivity contribution < 1.29 is 9.53 Å². The van der Waals surface area contributed by atoms with Crippen LogP contribution in [-0.2, 0) is 4.79 Å². The molecule has 104 valence electrons. The third-order valence-corrected chi connectivity index (χ3v) is 3.45. The number of hydrogen-bond donors (Lipinski definition) is 1. The van der Waals surface area contributed by atoms with Gasteiger partial charge in [-0.1, -0.05) is 12.1 Å². The van der Waals surface area contributed by atoms with Gasteiger partial charge in [0.25, 0.3) is 0 Å². The van der Waals surface area contributed by atoms with E-state index >= 15 is 0 Å². The minimum atomic E-state index is -0.470. The van der Waals surface area contributed by atoms with Gasteiger partial charge in [0.2, 0.25) is 0 Å². The van der Waals surface area contributed by atoms with E-state index in [1.165, 1.54) is 18.4 Å². The number of carbonyl (C=O) groups is 1. The van der Waals surface area contributed by atoms with Crippen molar-refractivity contribution >= 4 is 5.97 Å². The minimum absolute atomic E-state index is 0.189. The average Bonchev–Trinajstić information content (AvgIpc) is 2.39. The fourth-order valence-electron chi connectivity index (χ4n) is 2.23. The minimum Gasteiger partial charge on any atom is -0.426 e. The van der Waals surface area contributed by atoms with Crippen molar-refractivity contribution in [3.8, 4) is 5.75 Å². The standard InChI is InChI=1S/C16H23NO2/c1-16(2,3)15(18)19-14-8-4-6-12(10-14)13-7-5-9-17-11-13/h4,6,8,10,13,17H,5,7,9,11H2,1-3H3. The lowest BCUT2D eigenvalue weighted by Gasteiger charge is -2.23.